The van der Waals surface area contributed by atoms with Crippen LogP contribution in [0.4, 0.5) is 0 Å². The maximum Gasteiger partial charge on any atom is 0.221 e. The quantitative estimate of drug-likeness (QED) is 0.248. The van der Waals surface area contributed by atoms with Crippen LogP contribution in [-0.4, -0.2) is 28.4 Å². The summed E-state index contributed by atoms with van der Waals surface area (Å²) in [6.45, 7) is 0. The van der Waals surface area contributed by atoms with Crippen LogP contribution >= 0.6 is 0 Å². The van der Waals surface area contributed by atoms with Crippen LogP contribution in [0.3, 0.4) is 0 Å². The molecular weight excluding hydrogens is 426 g/mol. The van der Waals surface area contributed by atoms with Crippen molar-refractivity contribution >= 4 is 32.4 Å². The maximum absolute atomic E-state index is 5.79. The molecule has 5 heteroatoms. The Morgan fingerprint density at radius 3 is 2.06 bits per heavy atom. The number of aryl methyl sites for hydroxylation is 1. The fraction of sp³-hybridized carbons (Fsp3) is 0.207. The molecule has 5 nitrogen and oxygen atoms in total. The van der Waals surface area contributed by atoms with E-state index in [0.717, 1.165) is 45.0 Å². The summed E-state index contributed by atoms with van der Waals surface area (Å²) in [5.41, 5.74) is 3.61. The predicted octanol–water partition coefficient (Wildman–Crippen LogP) is 5.60. The molecule has 5 rings (SSSR count). The lowest BCUT2D eigenvalue weighted by atomic mass is 9.92. The Labute approximate surface area is 199 Å². The standard InChI is InChI=1S/C29H28NO4/c1-30-17-23-21(11-12-24(31-2)29(23)34-5)27-20(13-18-9-7-6-8-10-18)14-19-15-25(32-3)26(33-4)16-22(19)28(27)30/h6-12,14-17H,13H2,1-5H3/q+1. The lowest BCUT2D eigenvalue weighted by Gasteiger charge is -2.16. The van der Waals surface area contributed by atoms with Crippen LogP contribution in [0.5, 0.6) is 23.0 Å². The highest BCUT2D eigenvalue weighted by atomic mass is 16.5. The van der Waals surface area contributed by atoms with Crippen LogP contribution in [0.15, 0.2) is 66.9 Å². The van der Waals surface area contributed by atoms with Gasteiger partial charge in [0.05, 0.1) is 44.6 Å². The molecule has 5 aromatic rings. The largest absolute Gasteiger partial charge is 0.493 e. The van der Waals surface area contributed by atoms with Gasteiger partial charge in [0.2, 0.25) is 5.52 Å². The monoisotopic (exact) mass is 454 g/mol. The highest BCUT2D eigenvalue weighted by Gasteiger charge is 2.23. The third kappa shape index (κ3) is 3.45. The molecule has 0 unspecified atom stereocenters. The van der Waals surface area contributed by atoms with E-state index in [4.69, 9.17) is 18.9 Å². The van der Waals surface area contributed by atoms with E-state index < -0.39 is 0 Å². The SMILES string of the molecule is COc1cc2cc(Cc3ccccc3)c3c4ccc(OC)c(OC)c4c[n+](C)c3c2cc1OC. The first-order chi connectivity index (χ1) is 16.6. The van der Waals surface area contributed by atoms with Gasteiger partial charge in [-0.2, -0.15) is 4.57 Å². The topological polar surface area (TPSA) is 40.8 Å². The van der Waals surface area contributed by atoms with E-state index in [1.807, 2.05) is 12.1 Å². The second kappa shape index (κ2) is 8.75. The number of hydrogen-bond donors (Lipinski definition) is 0. The van der Waals surface area contributed by atoms with Gasteiger partial charge < -0.3 is 18.9 Å². The van der Waals surface area contributed by atoms with Gasteiger partial charge in [-0.05, 0) is 53.3 Å². The second-order valence-electron chi connectivity index (χ2n) is 8.35. The van der Waals surface area contributed by atoms with Crippen LogP contribution in [0, 0.1) is 0 Å². The van der Waals surface area contributed by atoms with Crippen molar-refractivity contribution in [2.24, 2.45) is 7.05 Å². The van der Waals surface area contributed by atoms with Crippen molar-refractivity contribution < 1.29 is 23.5 Å². The zero-order valence-electron chi connectivity index (χ0n) is 20.1. The lowest BCUT2D eigenvalue weighted by Crippen LogP contribution is -2.29. The Kier molecular flexibility index (Phi) is 5.62. The molecule has 0 aliphatic heterocycles. The van der Waals surface area contributed by atoms with E-state index in [2.05, 4.69) is 66.3 Å². The van der Waals surface area contributed by atoms with Crippen LogP contribution in [0.1, 0.15) is 11.1 Å². The Balaban J connectivity index is 1.96. The van der Waals surface area contributed by atoms with Crippen molar-refractivity contribution in [3.63, 3.8) is 0 Å². The van der Waals surface area contributed by atoms with E-state index >= 15 is 0 Å². The third-order valence-corrected chi connectivity index (χ3v) is 6.46. The first kappa shape index (κ1) is 21.8. The molecule has 4 aromatic carbocycles. The molecule has 172 valence electrons. The number of rotatable bonds is 6. The Hall–Kier alpha value is -3.99. The normalized spacial score (nSPS) is 11.2. The van der Waals surface area contributed by atoms with Crippen molar-refractivity contribution in [2.45, 2.75) is 6.42 Å². The molecule has 34 heavy (non-hydrogen) atoms. The number of hydrogen-bond acceptors (Lipinski definition) is 4. The molecule has 0 saturated carbocycles. The van der Waals surface area contributed by atoms with E-state index in [0.29, 0.717) is 11.5 Å². The van der Waals surface area contributed by atoms with Crippen molar-refractivity contribution in [2.75, 3.05) is 28.4 Å². The Morgan fingerprint density at radius 1 is 0.676 bits per heavy atom. The van der Waals surface area contributed by atoms with E-state index in [-0.39, 0.29) is 0 Å². The summed E-state index contributed by atoms with van der Waals surface area (Å²) in [5.74, 6) is 2.87. The van der Waals surface area contributed by atoms with E-state index in [9.17, 15) is 0 Å². The van der Waals surface area contributed by atoms with Gasteiger partial charge in [0.1, 0.15) is 7.05 Å². The molecule has 0 bridgehead atoms. The Bertz CT molecular complexity index is 1530. The summed E-state index contributed by atoms with van der Waals surface area (Å²) < 4.78 is 24.8. The number of benzene rings is 4. The highest BCUT2D eigenvalue weighted by Crippen LogP contribution is 2.42. The minimum absolute atomic E-state index is 0.708. The number of fused-ring (bicyclic) bond motifs is 5. The van der Waals surface area contributed by atoms with Crippen LogP contribution in [-0.2, 0) is 13.5 Å². The molecule has 0 fully saturated rings. The fourth-order valence-electron chi connectivity index (χ4n) is 4.94. The minimum atomic E-state index is 0.708. The summed E-state index contributed by atoms with van der Waals surface area (Å²) in [5, 5.41) is 5.51. The third-order valence-electron chi connectivity index (χ3n) is 6.46. The van der Waals surface area contributed by atoms with Crippen LogP contribution < -0.4 is 23.5 Å². The zero-order valence-corrected chi connectivity index (χ0v) is 20.1. The molecular formula is C29H28NO4+. The van der Waals surface area contributed by atoms with Crippen molar-refractivity contribution in [3.8, 4) is 23.0 Å². The van der Waals surface area contributed by atoms with Gasteiger partial charge in [-0.1, -0.05) is 30.3 Å². The number of methoxy groups -OCH3 is 4. The maximum atomic E-state index is 5.79. The lowest BCUT2D eigenvalue weighted by molar-refractivity contribution is -0.642. The van der Waals surface area contributed by atoms with Crippen molar-refractivity contribution in [1.82, 2.24) is 0 Å². The van der Waals surface area contributed by atoms with E-state index in [1.165, 1.54) is 16.5 Å². The average molecular weight is 455 g/mol. The predicted molar refractivity (Wildman–Crippen MR) is 136 cm³/mol. The number of aromatic nitrogens is 1. The molecule has 0 radical (unpaired) electrons. The number of pyridine rings is 1. The molecule has 0 aliphatic carbocycles. The molecule has 0 atom stereocenters. The second-order valence-corrected chi connectivity index (χ2v) is 8.35. The van der Waals surface area contributed by atoms with Gasteiger partial charge in [0, 0.05) is 5.39 Å². The molecule has 0 saturated heterocycles. The fourth-order valence-corrected chi connectivity index (χ4v) is 4.94. The molecule has 0 aliphatic rings. The molecule has 0 N–H and O–H groups in total. The first-order valence-corrected chi connectivity index (χ1v) is 11.2. The Morgan fingerprint density at radius 2 is 1.38 bits per heavy atom. The number of ether oxygens (including phenoxy) is 4. The zero-order chi connectivity index (χ0) is 23.8. The summed E-state index contributed by atoms with van der Waals surface area (Å²) in [6.07, 6.45) is 2.91. The summed E-state index contributed by atoms with van der Waals surface area (Å²) >= 11 is 0. The van der Waals surface area contributed by atoms with Gasteiger partial charge in [-0.15, -0.1) is 0 Å². The number of nitrogens with zero attached hydrogens (tertiary/aromatic N) is 1. The smallest absolute Gasteiger partial charge is 0.221 e. The summed E-state index contributed by atoms with van der Waals surface area (Å²) in [4.78, 5) is 0. The summed E-state index contributed by atoms with van der Waals surface area (Å²) in [6, 6.07) is 21.0. The molecule has 0 spiro atoms. The average Bonchev–Trinajstić information content (AvgIpc) is 2.87. The van der Waals surface area contributed by atoms with E-state index in [1.54, 1.807) is 28.4 Å². The van der Waals surface area contributed by atoms with Crippen molar-refractivity contribution in [3.05, 3.63) is 78.0 Å². The van der Waals surface area contributed by atoms with Gasteiger partial charge in [-0.25, -0.2) is 0 Å². The summed E-state index contributed by atoms with van der Waals surface area (Å²) in [7, 11) is 8.76. The van der Waals surface area contributed by atoms with Gasteiger partial charge in [0.15, 0.2) is 29.2 Å². The van der Waals surface area contributed by atoms with Gasteiger partial charge in [0.25, 0.3) is 0 Å². The van der Waals surface area contributed by atoms with Crippen LogP contribution in [0.25, 0.3) is 32.4 Å². The highest BCUT2D eigenvalue weighted by molar-refractivity contribution is 6.16. The first-order valence-electron chi connectivity index (χ1n) is 11.2. The van der Waals surface area contributed by atoms with Crippen molar-refractivity contribution in [1.29, 1.82) is 0 Å². The molecule has 1 heterocycles. The molecule has 1 aromatic heterocycles. The minimum Gasteiger partial charge on any atom is -0.493 e. The van der Waals surface area contributed by atoms with Crippen LogP contribution in [0.2, 0.25) is 0 Å². The molecule has 0 amide bonds. The van der Waals surface area contributed by atoms with Gasteiger partial charge in [-0.3, -0.25) is 0 Å². The van der Waals surface area contributed by atoms with Gasteiger partial charge >= 0.3 is 0 Å².